The first-order valence-corrected chi connectivity index (χ1v) is 8.39. The Morgan fingerprint density at radius 3 is 2.52 bits per heavy atom. The van der Waals surface area contributed by atoms with Crippen LogP contribution in [0.25, 0.3) is 0 Å². The van der Waals surface area contributed by atoms with E-state index in [4.69, 9.17) is 9.47 Å². The smallest absolute Gasteiger partial charge is 0.214 e. The van der Waals surface area contributed by atoms with Gasteiger partial charge in [-0.1, -0.05) is 18.2 Å². The number of carbonyl (C=O) groups is 1. The van der Waals surface area contributed by atoms with Gasteiger partial charge < -0.3 is 14.4 Å². The van der Waals surface area contributed by atoms with Gasteiger partial charge in [0.05, 0.1) is 19.9 Å². The lowest BCUT2D eigenvalue weighted by atomic mass is 10.2. The largest absolute Gasteiger partial charge is 0.497 e. The van der Waals surface area contributed by atoms with E-state index in [2.05, 4.69) is 12.1 Å². The molecule has 0 aliphatic rings. The molecule has 23 heavy (non-hydrogen) atoms. The molecule has 5 heteroatoms. The maximum absolute atomic E-state index is 11.5. The van der Waals surface area contributed by atoms with Gasteiger partial charge in [0.2, 0.25) is 6.41 Å². The third-order valence-corrected chi connectivity index (χ3v) is 4.48. The second kappa shape index (κ2) is 9.10. The summed E-state index contributed by atoms with van der Waals surface area (Å²) < 4.78 is 10.6. The van der Waals surface area contributed by atoms with Crippen molar-refractivity contribution < 1.29 is 14.3 Å². The molecule has 0 atom stereocenters. The number of anilines is 1. The van der Waals surface area contributed by atoms with Crippen LogP contribution in [0.5, 0.6) is 11.5 Å². The maximum atomic E-state index is 11.5. The van der Waals surface area contributed by atoms with Crippen LogP contribution in [0.4, 0.5) is 5.69 Å². The molecule has 2 aromatic carbocycles. The van der Waals surface area contributed by atoms with Crippen molar-refractivity contribution in [1.82, 2.24) is 0 Å². The predicted molar refractivity (Wildman–Crippen MR) is 94.7 cm³/mol. The van der Waals surface area contributed by atoms with E-state index in [0.717, 1.165) is 24.3 Å². The first-order chi connectivity index (χ1) is 11.3. The summed E-state index contributed by atoms with van der Waals surface area (Å²) in [4.78, 5) is 14.4. The second-order valence-electron chi connectivity index (χ2n) is 4.85. The lowest BCUT2D eigenvalue weighted by Gasteiger charge is -2.20. The van der Waals surface area contributed by atoms with E-state index in [9.17, 15) is 4.79 Å². The van der Waals surface area contributed by atoms with Crippen LogP contribution in [-0.4, -0.2) is 32.9 Å². The lowest BCUT2D eigenvalue weighted by molar-refractivity contribution is -0.107. The SMILES string of the molecule is COc1ccc(OC)c(N(C=O)CCCSc2ccccc2)c1. The number of carbonyl (C=O) groups excluding carboxylic acids is 1. The van der Waals surface area contributed by atoms with Crippen LogP contribution in [0.1, 0.15) is 6.42 Å². The summed E-state index contributed by atoms with van der Waals surface area (Å²) in [5, 5.41) is 0. The number of hydrogen-bond acceptors (Lipinski definition) is 4. The summed E-state index contributed by atoms with van der Waals surface area (Å²) in [6, 6.07) is 15.7. The van der Waals surface area contributed by atoms with Crippen molar-refractivity contribution in [3.05, 3.63) is 48.5 Å². The zero-order valence-electron chi connectivity index (χ0n) is 13.4. The second-order valence-corrected chi connectivity index (χ2v) is 6.02. The Morgan fingerprint density at radius 2 is 1.87 bits per heavy atom. The molecule has 0 saturated heterocycles. The molecule has 122 valence electrons. The van der Waals surface area contributed by atoms with Crippen LogP contribution in [-0.2, 0) is 4.79 Å². The van der Waals surface area contributed by atoms with E-state index < -0.39 is 0 Å². The number of ether oxygens (including phenoxy) is 2. The zero-order chi connectivity index (χ0) is 16.5. The molecule has 0 aliphatic heterocycles. The highest BCUT2D eigenvalue weighted by atomic mass is 32.2. The molecule has 2 rings (SSSR count). The molecular formula is C18H21NO3S. The Morgan fingerprint density at radius 1 is 1.09 bits per heavy atom. The number of nitrogens with zero attached hydrogens (tertiary/aromatic N) is 1. The molecule has 0 unspecified atom stereocenters. The van der Waals surface area contributed by atoms with E-state index in [0.29, 0.717) is 18.0 Å². The van der Waals surface area contributed by atoms with Crippen LogP contribution < -0.4 is 14.4 Å². The van der Waals surface area contributed by atoms with E-state index >= 15 is 0 Å². The highest BCUT2D eigenvalue weighted by Gasteiger charge is 2.12. The Hall–Kier alpha value is -2.14. The van der Waals surface area contributed by atoms with Crippen LogP contribution in [0.15, 0.2) is 53.4 Å². The minimum absolute atomic E-state index is 0.632. The van der Waals surface area contributed by atoms with Crippen molar-refractivity contribution in [2.45, 2.75) is 11.3 Å². The first kappa shape index (κ1) is 17.2. The van der Waals surface area contributed by atoms with Crippen molar-refractivity contribution in [3.63, 3.8) is 0 Å². The van der Waals surface area contributed by atoms with E-state index in [-0.39, 0.29) is 0 Å². The van der Waals surface area contributed by atoms with E-state index in [1.54, 1.807) is 30.9 Å². The fraction of sp³-hybridized carbons (Fsp3) is 0.278. The molecule has 0 radical (unpaired) electrons. The first-order valence-electron chi connectivity index (χ1n) is 7.40. The third-order valence-electron chi connectivity index (χ3n) is 3.38. The molecule has 0 fully saturated rings. The van der Waals surface area contributed by atoms with E-state index in [1.807, 2.05) is 36.4 Å². The summed E-state index contributed by atoms with van der Waals surface area (Å²) >= 11 is 1.79. The molecule has 0 N–H and O–H groups in total. The summed E-state index contributed by atoms with van der Waals surface area (Å²) in [6.45, 7) is 0.632. The number of amides is 1. The lowest BCUT2D eigenvalue weighted by Crippen LogP contribution is -2.23. The third kappa shape index (κ3) is 4.93. The predicted octanol–water partition coefficient (Wildman–Crippen LogP) is 3.85. The molecule has 0 aliphatic carbocycles. The van der Waals surface area contributed by atoms with Crippen LogP contribution >= 0.6 is 11.8 Å². The molecule has 2 aromatic rings. The number of rotatable bonds is 9. The molecule has 0 bridgehead atoms. The Labute approximate surface area is 141 Å². The minimum Gasteiger partial charge on any atom is -0.497 e. The molecule has 0 spiro atoms. The molecule has 0 aromatic heterocycles. The summed E-state index contributed by atoms with van der Waals surface area (Å²) in [5.74, 6) is 2.31. The topological polar surface area (TPSA) is 38.8 Å². The highest BCUT2D eigenvalue weighted by Crippen LogP contribution is 2.32. The monoisotopic (exact) mass is 331 g/mol. The number of thioether (sulfide) groups is 1. The van der Waals surface area contributed by atoms with Gasteiger partial charge in [0.25, 0.3) is 0 Å². The van der Waals surface area contributed by atoms with Gasteiger partial charge in [-0.15, -0.1) is 11.8 Å². The van der Waals surface area contributed by atoms with Gasteiger partial charge in [0, 0.05) is 17.5 Å². The van der Waals surface area contributed by atoms with Gasteiger partial charge in [0.1, 0.15) is 11.5 Å². The van der Waals surface area contributed by atoms with Crippen LogP contribution in [0.3, 0.4) is 0 Å². The zero-order valence-corrected chi connectivity index (χ0v) is 14.2. The molecule has 4 nitrogen and oxygen atoms in total. The summed E-state index contributed by atoms with van der Waals surface area (Å²) in [5.41, 5.74) is 0.728. The van der Waals surface area contributed by atoms with E-state index in [1.165, 1.54) is 4.90 Å². The van der Waals surface area contributed by atoms with Crippen molar-refractivity contribution in [2.24, 2.45) is 0 Å². The number of hydrogen-bond donors (Lipinski definition) is 0. The molecule has 1 amide bonds. The van der Waals surface area contributed by atoms with Crippen molar-refractivity contribution in [3.8, 4) is 11.5 Å². The fourth-order valence-electron chi connectivity index (χ4n) is 2.19. The highest BCUT2D eigenvalue weighted by molar-refractivity contribution is 7.99. The van der Waals surface area contributed by atoms with Crippen molar-refractivity contribution in [2.75, 3.05) is 31.4 Å². The molecule has 0 heterocycles. The van der Waals surface area contributed by atoms with Crippen LogP contribution in [0.2, 0.25) is 0 Å². The normalized spacial score (nSPS) is 10.2. The maximum Gasteiger partial charge on any atom is 0.214 e. The van der Waals surface area contributed by atoms with Gasteiger partial charge in [-0.05, 0) is 36.4 Å². The standard InChI is InChI=1S/C18H21NO3S/c1-21-15-9-10-18(22-2)17(13-15)19(14-20)11-6-12-23-16-7-4-3-5-8-16/h3-5,7-10,13-14H,6,11-12H2,1-2H3. The van der Waals surface area contributed by atoms with Crippen LogP contribution in [0, 0.1) is 0 Å². The Kier molecular flexibility index (Phi) is 6.81. The van der Waals surface area contributed by atoms with Gasteiger partial charge in [0.15, 0.2) is 0 Å². The van der Waals surface area contributed by atoms with Gasteiger partial charge in [-0.3, -0.25) is 4.79 Å². The Bertz CT molecular complexity index is 619. The van der Waals surface area contributed by atoms with Crippen molar-refractivity contribution >= 4 is 23.9 Å². The minimum atomic E-state index is 0.632. The van der Waals surface area contributed by atoms with Gasteiger partial charge >= 0.3 is 0 Å². The summed E-state index contributed by atoms with van der Waals surface area (Å²) in [6.07, 6.45) is 1.73. The molecule has 0 saturated carbocycles. The van der Waals surface area contributed by atoms with Gasteiger partial charge in [-0.25, -0.2) is 0 Å². The Balaban J connectivity index is 1.95. The van der Waals surface area contributed by atoms with Gasteiger partial charge in [-0.2, -0.15) is 0 Å². The number of benzene rings is 2. The average Bonchev–Trinajstić information content (AvgIpc) is 2.62. The average molecular weight is 331 g/mol. The summed E-state index contributed by atoms with van der Waals surface area (Å²) in [7, 11) is 3.20. The quantitative estimate of drug-likeness (QED) is 0.397. The fourth-order valence-corrected chi connectivity index (χ4v) is 3.05. The van der Waals surface area contributed by atoms with Crippen molar-refractivity contribution in [1.29, 1.82) is 0 Å². The molecular weight excluding hydrogens is 310 g/mol. The number of methoxy groups -OCH3 is 2.